The molecular formula is C19H17N3O3S. The smallest absolute Gasteiger partial charge is 0.248 e. The predicted molar refractivity (Wildman–Crippen MR) is 102 cm³/mol. The summed E-state index contributed by atoms with van der Waals surface area (Å²) in [5.41, 5.74) is 7.68. The quantitative estimate of drug-likeness (QED) is 0.848. The first kappa shape index (κ1) is 17.8. The number of nitrogens with one attached hydrogen (secondary N) is 1. The van der Waals surface area contributed by atoms with Gasteiger partial charge in [0, 0.05) is 11.3 Å². The third kappa shape index (κ3) is 4.12. The van der Waals surface area contributed by atoms with Gasteiger partial charge in [-0.3, -0.25) is 14.4 Å². The Balaban J connectivity index is 1.72. The van der Waals surface area contributed by atoms with Crippen LogP contribution in [0.2, 0.25) is 0 Å². The molecule has 2 aromatic carbocycles. The van der Waals surface area contributed by atoms with Crippen LogP contribution in [0.25, 0.3) is 5.70 Å². The number of hydrogen-bond acceptors (Lipinski definition) is 4. The molecule has 0 aliphatic carbocycles. The summed E-state index contributed by atoms with van der Waals surface area (Å²) in [4.78, 5) is 37.3. The average Bonchev–Trinajstić information content (AvgIpc) is 2.64. The van der Waals surface area contributed by atoms with Gasteiger partial charge in [0.05, 0.1) is 11.4 Å². The normalized spacial score (nSPS) is 13.9. The lowest BCUT2D eigenvalue weighted by Crippen LogP contribution is -2.39. The molecule has 0 aromatic heterocycles. The number of anilines is 1. The average molecular weight is 367 g/mol. The molecule has 0 unspecified atom stereocenters. The molecule has 26 heavy (non-hydrogen) atoms. The van der Waals surface area contributed by atoms with Gasteiger partial charge in [-0.1, -0.05) is 30.3 Å². The largest absolute Gasteiger partial charge is 0.366 e. The van der Waals surface area contributed by atoms with Crippen LogP contribution in [0.5, 0.6) is 0 Å². The first-order valence-corrected chi connectivity index (χ1v) is 8.97. The van der Waals surface area contributed by atoms with Crippen molar-refractivity contribution in [2.24, 2.45) is 5.73 Å². The molecule has 3 amide bonds. The lowest BCUT2D eigenvalue weighted by molar-refractivity contribution is -0.129. The van der Waals surface area contributed by atoms with Crippen molar-refractivity contribution in [1.82, 2.24) is 4.90 Å². The number of nitrogens with zero attached hydrogens (tertiary/aromatic N) is 1. The van der Waals surface area contributed by atoms with Crippen molar-refractivity contribution < 1.29 is 14.4 Å². The lowest BCUT2D eigenvalue weighted by atomic mass is 10.1. The zero-order valence-corrected chi connectivity index (χ0v) is 14.7. The Kier molecular flexibility index (Phi) is 5.38. The Bertz CT molecular complexity index is 863. The van der Waals surface area contributed by atoms with Crippen molar-refractivity contribution in [2.45, 2.75) is 0 Å². The zero-order valence-electron chi connectivity index (χ0n) is 13.8. The molecule has 1 aliphatic heterocycles. The van der Waals surface area contributed by atoms with E-state index in [-0.39, 0.29) is 18.4 Å². The summed E-state index contributed by atoms with van der Waals surface area (Å²) in [5, 5.41) is 4.62. The fourth-order valence-corrected chi connectivity index (χ4v) is 3.34. The van der Waals surface area contributed by atoms with E-state index in [1.165, 1.54) is 28.8 Å². The van der Waals surface area contributed by atoms with Crippen LogP contribution >= 0.6 is 11.8 Å². The summed E-state index contributed by atoms with van der Waals surface area (Å²) in [7, 11) is 0. The number of nitrogens with two attached hydrogens (primary N) is 1. The minimum Gasteiger partial charge on any atom is -0.366 e. The van der Waals surface area contributed by atoms with Crippen LogP contribution in [0.1, 0.15) is 15.9 Å². The fraction of sp³-hybridized carbons (Fsp3) is 0.105. The molecule has 7 heteroatoms. The zero-order chi connectivity index (χ0) is 18.5. The van der Waals surface area contributed by atoms with Crippen molar-refractivity contribution in [3.63, 3.8) is 0 Å². The van der Waals surface area contributed by atoms with E-state index in [1.54, 1.807) is 12.1 Å². The molecule has 132 valence electrons. The summed E-state index contributed by atoms with van der Waals surface area (Å²) < 4.78 is 0. The predicted octanol–water partition coefficient (Wildman–Crippen LogP) is 2.30. The van der Waals surface area contributed by atoms with E-state index in [4.69, 9.17) is 5.73 Å². The molecule has 6 nitrogen and oxygen atoms in total. The van der Waals surface area contributed by atoms with Crippen molar-refractivity contribution in [3.05, 3.63) is 71.1 Å². The molecule has 0 fully saturated rings. The maximum atomic E-state index is 12.4. The SMILES string of the molecule is NC(=O)c1ccc(NC(=O)CN2C(=O)CSC=C2c2ccccc2)cc1. The molecule has 3 N–H and O–H groups in total. The minimum absolute atomic E-state index is 0.0856. The van der Waals surface area contributed by atoms with Gasteiger partial charge < -0.3 is 16.0 Å². The van der Waals surface area contributed by atoms with E-state index in [1.807, 2.05) is 35.7 Å². The second kappa shape index (κ2) is 7.88. The van der Waals surface area contributed by atoms with E-state index >= 15 is 0 Å². The summed E-state index contributed by atoms with van der Waals surface area (Å²) in [6.45, 7) is -0.0856. The van der Waals surface area contributed by atoms with E-state index in [0.29, 0.717) is 22.7 Å². The Hall–Kier alpha value is -3.06. The maximum absolute atomic E-state index is 12.4. The highest BCUT2D eigenvalue weighted by molar-refractivity contribution is 8.03. The van der Waals surface area contributed by atoms with Crippen LogP contribution in [0, 0.1) is 0 Å². The summed E-state index contributed by atoms with van der Waals surface area (Å²) in [6, 6.07) is 15.7. The molecule has 0 atom stereocenters. The molecular weight excluding hydrogens is 350 g/mol. The minimum atomic E-state index is -0.531. The maximum Gasteiger partial charge on any atom is 0.248 e. The monoisotopic (exact) mass is 367 g/mol. The first-order chi connectivity index (χ1) is 12.5. The number of primary amides is 1. The molecule has 3 rings (SSSR count). The standard InChI is InChI=1S/C19H17N3O3S/c20-19(25)14-6-8-15(9-7-14)21-17(23)10-22-16(11-26-12-18(22)24)13-4-2-1-3-5-13/h1-9,11H,10,12H2,(H2,20,25)(H,21,23). The topological polar surface area (TPSA) is 92.5 Å². The van der Waals surface area contributed by atoms with Crippen LogP contribution in [-0.2, 0) is 9.59 Å². The van der Waals surface area contributed by atoms with Gasteiger partial charge in [0.2, 0.25) is 17.7 Å². The molecule has 0 radical (unpaired) electrons. The summed E-state index contributed by atoms with van der Waals surface area (Å²) in [5.74, 6) is -0.664. The second-order valence-corrected chi connectivity index (χ2v) is 6.51. The van der Waals surface area contributed by atoms with E-state index in [9.17, 15) is 14.4 Å². The van der Waals surface area contributed by atoms with Crippen molar-refractivity contribution in [2.75, 3.05) is 17.6 Å². The van der Waals surface area contributed by atoms with E-state index < -0.39 is 5.91 Å². The van der Waals surface area contributed by atoms with Gasteiger partial charge >= 0.3 is 0 Å². The first-order valence-electron chi connectivity index (χ1n) is 7.92. The number of hydrogen-bond donors (Lipinski definition) is 2. The molecule has 1 aliphatic rings. The number of carbonyl (C=O) groups is 3. The Morgan fingerprint density at radius 1 is 1.08 bits per heavy atom. The second-order valence-electron chi connectivity index (χ2n) is 5.65. The number of thioether (sulfide) groups is 1. The molecule has 0 spiro atoms. The molecule has 1 heterocycles. The van der Waals surface area contributed by atoms with Gasteiger partial charge in [-0.05, 0) is 35.2 Å². The lowest BCUT2D eigenvalue weighted by Gasteiger charge is -2.28. The van der Waals surface area contributed by atoms with Crippen molar-refractivity contribution in [3.8, 4) is 0 Å². The van der Waals surface area contributed by atoms with Gasteiger partial charge in [0.25, 0.3) is 0 Å². The van der Waals surface area contributed by atoms with Crippen molar-refractivity contribution in [1.29, 1.82) is 0 Å². The van der Waals surface area contributed by atoms with Gasteiger partial charge in [-0.25, -0.2) is 0 Å². The number of carbonyl (C=O) groups excluding carboxylic acids is 3. The Morgan fingerprint density at radius 2 is 1.77 bits per heavy atom. The van der Waals surface area contributed by atoms with Crippen LogP contribution in [-0.4, -0.2) is 34.9 Å². The fourth-order valence-electron chi connectivity index (χ4n) is 2.54. The molecule has 0 saturated carbocycles. The molecule has 0 bridgehead atoms. The number of amides is 3. The van der Waals surface area contributed by atoms with Crippen LogP contribution in [0.3, 0.4) is 0 Å². The van der Waals surface area contributed by atoms with Gasteiger partial charge in [-0.15, -0.1) is 11.8 Å². The number of rotatable bonds is 5. The summed E-state index contributed by atoms with van der Waals surface area (Å²) >= 11 is 1.42. The van der Waals surface area contributed by atoms with Crippen molar-refractivity contribution >= 4 is 40.9 Å². The van der Waals surface area contributed by atoms with Crippen LogP contribution in [0.4, 0.5) is 5.69 Å². The highest BCUT2D eigenvalue weighted by Crippen LogP contribution is 2.28. The Labute approximate surface area is 155 Å². The molecule has 2 aromatic rings. The van der Waals surface area contributed by atoms with E-state index in [0.717, 1.165) is 5.56 Å². The van der Waals surface area contributed by atoms with E-state index in [2.05, 4.69) is 5.32 Å². The van der Waals surface area contributed by atoms with Crippen LogP contribution < -0.4 is 11.1 Å². The van der Waals surface area contributed by atoms with Gasteiger partial charge in [0.15, 0.2) is 0 Å². The van der Waals surface area contributed by atoms with Gasteiger partial charge in [-0.2, -0.15) is 0 Å². The molecule has 0 saturated heterocycles. The highest BCUT2D eigenvalue weighted by Gasteiger charge is 2.25. The van der Waals surface area contributed by atoms with Crippen LogP contribution in [0.15, 0.2) is 60.0 Å². The Morgan fingerprint density at radius 3 is 2.42 bits per heavy atom. The summed E-state index contributed by atoms with van der Waals surface area (Å²) in [6.07, 6.45) is 0. The third-order valence-corrected chi connectivity index (χ3v) is 4.62. The third-order valence-electron chi connectivity index (χ3n) is 3.82. The highest BCUT2D eigenvalue weighted by atomic mass is 32.2. The number of benzene rings is 2. The van der Waals surface area contributed by atoms with Gasteiger partial charge in [0.1, 0.15) is 6.54 Å².